The van der Waals surface area contributed by atoms with Crippen LogP contribution in [0.2, 0.25) is 0 Å². The Bertz CT molecular complexity index is 143. The van der Waals surface area contributed by atoms with Gasteiger partial charge in [-0.25, -0.2) is 8.78 Å². The Kier molecular flexibility index (Phi) is 1.87. The summed E-state index contributed by atoms with van der Waals surface area (Å²) in [5, 5.41) is 3.32. The number of halogens is 2. The quantitative estimate of drug-likeness (QED) is 0.441. The van der Waals surface area contributed by atoms with Crippen molar-refractivity contribution in [3.8, 4) is 0 Å². The van der Waals surface area contributed by atoms with Gasteiger partial charge in [-0.05, 0) is 12.8 Å². The van der Waals surface area contributed by atoms with E-state index in [4.69, 9.17) is 0 Å². The summed E-state index contributed by atoms with van der Waals surface area (Å²) in [6, 6.07) is 0. The molecule has 1 saturated carbocycles. The average Bonchev–Trinajstić information content (AvgIpc) is 2.64. The van der Waals surface area contributed by atoms with Crippen LogP contribution in [0.25, 0.3) is 0 Å². The van der Waals surface area contributed by atoms with E-state index in [9.17, 15) is 8.78 Å². The molecule has 0 aromatic carbocycles. The van der Waals surface area contributed by atoms with Crippen LogP contribution >= 0.6 is 0 Å². The summed E-state index contributed by atoms with van der Waals surface area (Å²) in [5.74, 6) is 0. The normalized spacial score (nSPS) is 22.0. The zero-order valence-electron chi connectivity index (χ0n) is 5.68. The minimum Gasteiger partial charge on any atom is -0.399 e. The Morgan fingerprint density at radius 3 is 2.50 bits per heavy atom. The molecule has 0 unspecified atom stereocenters. The van der Waals surface area contributed by atoms with E-state index in [1.165, 1.54) is 13.3 Å². The van der Waals surface area contributed by atoms with Crippen LogP contribution in [0.15, 0.2) is 5.16 Å². The largest absolute Gasteiger partial charge is 0.399 e. The number of nitrogens with zero attached hydrogens (tertiary/aromatic N) is 1. The molecule has 0 spiro atoms. The lowest BCUT2D eigenvalue weighted by atomic mass is 10.1. The molecule has 0 amide bonds. The number of rotatable bonds is 3. The SMILES string of the molecule is CO/N=C/C1(C(F)F)CC1. The monoisotopic (exact) mass is 149 g/mol. The fraction of sp³-hybridized carbons (Fsp3) is 0.833. The van der Waals surface area contributed by atoms with Gasteiger partial charge < -0.3 is 4.84 Å². The lowest BCUT2D eigenvalue weighted by molar-refractivity contribution is 0.0962. The summed E-state index contributed by atoms with van der Waals surface area (Å²) in [5.41, 5.74) is -0.948. The van der Waals surface area contributed by atoms with Crippen LogP contribution in [0.4, 0.5) is 8.78 Å². The van der Waals surface area contributed by atoms with Crippen LogP contribution in [-0.2, 0) is 4.84 Å². The third-order valence-electron chi connectivity index (χ3n) is 1.68. The highest BCUT2D eigenvalue weighted by atomic mass is 19.3. The molecule has 0 aliphatic heterocycles. The number of hydrogen-bond donors (Lipinski definition) is 0. The van der Waals surface area contributed by atoms with Crippen LogP contribution in [0.3, 0.4) is 0 Å². The third kappa shape index (κ3) is 1.25. The molecule has 1 aliphatic carbocycles. The summed E-state index contributed by atoms with van der Waals surface area (Å²) < 4.78 is 24.1. The Labute approximate surface area is 57.9 Å². The van der Waals surface area contributed by atoms with Crippen molar-refractivity contribution in [1.82, 2.24) is 0 Å². The van der Waals surface area contributed by atoms with E-state index >= 15 is 0 Å². The average molecular weight is 149 g/mol. The Morgan fingerprint density at radius 2 is 2.20 bits per heavy atom. The van der Waals surface area contributed by atoms with Crippen molar-refractivity contribution in [2.45, 2.75) is 19.3 Å². The van der Waals surface area contributed by atoms with E-state index in [0.717, 1.165) is 0 Å². The van der Waals surface area contributed by atoms with Gasteiger partial charge in [-0.2, -0.15) is 0 Å². The minimum absolute atomic E-state index is 0.525. The summed E-state index contributed by atoms with van der Waals surface area (Å²) in [4.78, 5) is 4.30. The van der Waals surface area contributed by atoms with Gasteiger partial charge in [-0.1, -0.05) is 5.16 Å². The van der Waals surface area contributed by atoms with Gasteiger partial charge in [0.15, 0.2) is 0 Å². The van der Waals surface area contributed by atoms with Gasteiger partial charge in [0.1, 0.15) is 7.11 Å². The fourth-order valence-corrected chi connectivity index (χ4v) is 0.706. The molecule has 1 aliphatic rings. The zero-order valence-corrected chi connectivity index (χ0v) is 5.68. The van der Waals surface area contributed by atoms with E-state index in [2.05, 4.69) is 9.99 Å². The van der Waals surface area contributed by atoms with Crippen LogP contribution < -0.4 is 0 Å². The molecule has 0 bridgehead atoms. The predicted molar refractivity (Wildman–Crippen MR) is 33.2 cm³/mol. The lowest BCUT2D eigenvalue weighted by Crippen LogP contribution is -2.13. The fourth-order valence-electron chi connectivity index (χ4n) is 0.706. The second-order valence-corrected chi connectivity index (χ2v) is 2.45. The highest BCUT2D eigenvalue weighted by molar-refractivity contribution is 5.69. The summed E-state index contributed by atoms with van der Waals surface area (Å²) >= 11 is 0. The first-order chi connectivity index (χ1) is 4.71. The maximum Gasteiger partial charge on any atom is 0.249 e. The molecule has 0 aromatic rings. The van der Waals surface area contributed by atoms with Gasteiger partial charge >= 0.3 is 0 Å². The van der Waals surface area contributed by atoms with Crippen LogP contribution in [0.5, 0.6) is 0 Å². The third-order valence-corrected chi connectivity index (χ3v) is 1.68. The smallest absolute Gasteiger partial charge is 0.249 e. The standard InChI is InChI=1S/C6H9F2NO/c1-10-9-4-6(2-3-6)5(7)8/h4-5H,2-3H2,1H3/b9-4+. The van der Waals surface area contributed by atoms with Crippen LogP contribution in [0, 0.1) is 5.41 Å². The van der Waals surface area contributed by atoms with Gasteiger partial charge in [0, 0.05) is 0 Å². The molecule has 58 valence electrons. The predicted octanol–water partition coefficient (Wildman–Crippen LogP) is 1.66. The van der Waals surface area contributed by atoms with Crippen molar-refractivity contribution in [2.75, 3.05) is 7.11 Å². The molecule has 0 saturated heterocycles. The molecular formula is C6H9F2NO. The second-order valence-electron chi connectivity index (χ2n) is 2.45. The molecule has 4 heteroatoms. The molecule has 1 rings (SSSR count). The van der Waals surface area contributed by atoms with Crippen molar-refractivity contribution < 1.29 is 13.6 Å². The number of hydrogen-bond acceptors (Lipinski definition) is 2. The topological polar surface area (TPSA) is 21.6 Å². The zero-order chi connectivity index (χ0) is 7.61. The van der Waals surface area contributed by atoms with E-state index in [0.29, 0.717) is 12.8 Å². The van der Waals surface area contributed by atoms with Crippen LogP contribution in [-0.4, -0.2) is 19.7 Å². The molecule has 0 radical (unpaired) electrons. The van der Waals surface area contributed by atoms with Crippen molar-refractivity contribution in [3.05, 3.63) is 0 Å². The first-order valence-corrected chi connectivity index (χ1v) is 3.07. The van der Waals surface area contributed by atoms with Gasteiger partial charge in [-0.15, -0.1) is 0 Å². The Hall–Kier alpha value is -0.670. The van der Waals surface area contributed by atoms with Crippen molar-refractivity contribution in [1.29, 1.82) is 0 Å². The van der Waals surface area contributed by atoms with Gasteiger partial charge in [0.25, 0.3) is 0 Å². The first-order valence-electron chi connectivity index (χ1n) is 3.07. The van der Waals surface area contributed by atoms with Crippen LogP contribution in [0.1, 0.15) is 12.8 Å². The molecule has 10 heavy (non-hydrogen) atoms. The molecular weight excluding hydrogens is 140 g/mol. The highest BCUT2D eigenvalue weighted by Gasteiger charge is 2.50. The van der Waals surface area contributed by atoms with E-state index < -0.39 is 11.8 Å². The van der Waals surface area contributed by atoms with E-state index in [1.807, 2.05) is 0 Å². The molecule has 0 N–H and O–H groups in total. The molecule has 0 aromatic heterocycles. The van der Waals surface area contributed by atoms with Gasteiger partial charge in [0.2, 0.25) is 6.43 Å². The number of oxime groups is 1. The number of alkyl halides is 2. The minimum atomic E-state index is -2.30. The second kappa shape index (κ2) is 2.52. The highest BCUT2D eigenvalue weighted by Crippen LogP contribution is 2.48. The maximum atomic E-state index is 12.1. The Morgan fingerprint density at radius 1 is 1.60 bits per heavy atom. The summed E-state index contributed by atoms with van der Waals surface area (Å²) in [7, 11) is 1.35. The van der Waals surface area contributed by atoms with Crippen molar-refractivity contribution in [2.24, 2.45) is 10.6 Å². The first kappa shape index (κ1) is 7.44. The van der Waals surface area contributed by atoms with Crippen molar-refractivity contribution in [3.63, 3.8) is 0 Å². The van der Waals surface area contributed by atoms with Gasteiger partial charge in [0.05, 0.1) is 11.6 Å². The lowest BCUT2D eigenvalue weighted by Gasteiger charge is -2.04. The molecule has 1 fully saturated rings. The van der Waals surface area contributed by atoms with Gasteiger partial charge in [-0.3, -0.25) is 0 Å². The summed E-state index contributed by atoms with van der Waals surface area (Å²) in [6.45, 7) is 0. The van der Waals surface area contributed by atoms with E-state index in [-0.39, 0.29) is 0 Å². The Balaban J connectivity index is 2.45. The van der Waals surface area contributed by atoms with E-state index in [1.54, 1.807) is 0 Å². The maximum absolute atomic E-state index is 12.1. The molecule has 0 atom stereocenters. The molecule has 2 nitrogen and oxygen atoms in total. The molecule has 0 heterocycles. The summed E-state index contributed by atoms with van der Waals surface area (Å²) in [6.07, 6.45) is -0.0430. The van der Waals surface area contributed by atoms with Crippen molar-refractivity contribution >= 4 is 6.21 Å².